The Morgan fingerprint density at radius 1 is 1.35 bits per heavy atom. The highest BCUT2D eigenvalue weighted by Crippen LogP contribution is 2.26. The van der Waals surface area contributed by atoms with E-state index in [0.717, 1.165) is 5.69 Å². The van der Waals surface area contributed by atoms with E-state index in [-0.39, 0.29) is 0 Å². The average Bonchev–Trinajstić information content (AvgIpc) is 2.64. The maximum Gasteiger partial charge on any atom is 0.323 e. The number of nitrogens with zero attached hydrogens (tertiary/aromatic N) is 2. The summed E-state index contributed by atoms with van der Waals surface area (Å²) in [6.45, 7) is 6.16. The standard InChI is InChI=1S/C16H22N2O2/c1-11-12-8-6-7-9-13(12)18(5)14(11)10-17(4)16(2,3)15(19)20/h6-9H,10H2,1-5H3,(H,19,20). The minimum atomic E-state index is -0.886. The Balaban J connectivity index is 2.42. The summed E-state index contributed by atoms with van der Waals surface area (Å²) in [5.41, 5.74) is 2.67. The Hall–Kier alpha value is -1.81. The number of aromatic nitrogens is 1. The van der Waals surface area contributed by atoms with Crippen molar-refractivity contribution >= 4 is 16.9 Å². The zero-order valence-electron chi connectivity index (χ0n) is 12.8. The molecule has 0 aliphatic heterocycles. The fourth-order valence-electron chi connectivity index (χ4n) is 2.45. The zero-order chi connectivity index (χ0) is 15.1. The number of aliphatic carboxylic acids is 1. The van der Waals surface area contributed by atoms with Crippen LogP contribution in [0.3, 0.4) is 0 Å². The van der Waals surface area contributed by atoms with Crippen molar-refractivity contribution in [2.75, 3.05) is 7.05 Å². The lowest BCUT2D eigenvalue weighted by molar-refractivity contribution is -0.148. The highest BCUT2D eigenvalue weighted by molar-refractivity contribution is 5.85. The van der Waals surface area contributed by atoms with Crippen LogP contribution in [0.25, 0.3) is 10.9 Å². The Morgan fingerprint density at radius 3 is 2.50 bits per heavy atom. The van der Waals surface area contributed by atoms with Crippen LogP contribution in [0.2, 0.25) is 0 Å². The van der Waals surface area contributed by atoms with E-state index in [1.807, 2.05) is 31.1 Å². The molecule has 2 aromatic rings. The van der Waals surface area contributed by atoms with Gasteiger partial charge in [-0.05, 0) is 39.4 Å². The van der Waals surface area contributed by atoms with Gasteiger partial charge >= 0.3 is 5.97 Å². The van der Waals surface area contributed by atoms with Crippen molar-refractivity contribution in [3.05, 3.63) is 35.5 Å². The first-order valence-corrected chi connectivity index (χ1v) is 6.74. The number of aryl methyl sites for hydroxylation is 2. The van der Waals surface area contributed by atoms with Gasteiger partial charge in [-0.2, -0.15) is 0 Å². The second-order valence-corrected chi connectivity index (χ2v) is 5.87. The smallest absolute Gasteiger partial charge is 0.323 e. The van der Waals surface area contributed by atoms with Crippen LogP contribution in [0, 0.1) is 6.92 Å². The predicted molar refractivity (Wildman–Crippen MR) is 80.8 cm³/mol. The molecule has 0 aliphatic carbocycles. The first-order valence-electron chi connectivity index (χ1n) is 6.74. The minimum Gasteiger partial charge on any atom is -0.480 e. The first kappa shape index (κ1) is 14.6. The Bertz CT molecular complexity index is 617. The largest absolute Gasteiger partial charge is 0.480 e. The summed E-state index contributed by atoms with van der Waals surface area (Å²) in [5, 5.41) is 10.5. The Morgan fingerprint density at radius 2 is 1.95 bits per heavy atom. The van der Waals surface area contributed by atoms with E-state index < -0.39 is 11.5 Å². The molecule has 2 rings (SSSR count). The molecule has 4 heteroatoms. The van der Waals surface area contributed by atoms with E-state index in [9.17, 15) is 9.90 Å². The van der Waals surface area contributed by atoms with Crippen molar-refractivity contribution in [1.29, 1.82) is 0 Å². The predicted octanol–water partition coefficient (Wildman–Crippen LogP) is 2.78. The van der Waals surface area contributed by atoms with E-state index in [1.54, 1.807) is 13.8 Å². The molecular weight excluding hydrogens is 252 g/mol. The fraction of sp³-hybridized carbons (Fsp3) is 0.438. The molecular formula is C16H22N2O2. The van der Waals surface area contributed by atoms with Gasteiger partial charge in [0, 0.05) is 30.2 Å². The van der Waals surface area contributed by atoms with Gasteiger partial charge in [-0.15, -0.1) is 0 Å². The summed E-state index contributed by atoms with van der Waals surface area (Å²) in [4.78, 5) is 13.2. The van der Waals surface area contributed by atoms with E-state index >= 15 is 0 Å². The normalized spacial score (nSPS) is 12.3. The van der Waals surface area contributed by atoms with Gasteiger partial charge in [0.2, 0.25) is 0 Å². The molecule has 0 radical (unpaired) electrons. The van der Waals surface area contributed by atoms with Crippen LogP contribution >= 0.6 is 0 Å². The third kappa shape index (κ3) is 2.20. The van der Waals surface area contributed by atoms with Crippen molar-refractivity contribution in [2.24, 2.45) is 7.05 Å². The molecule has 0 atom stereocenters. The van der Waals surface area contributed by atoms with Crippen molar-refractivity contribution in [2.45, 2.75) is 32.9 Å². The van der Waals surface area contributed by atoms with Crippen LogP contribution in [-0.2, 0) is 18.4 Å². The monoisotopic (exact) mass is 274 g/mol. The van der Waals surface area contributed by atoms with Crippen molar-refractivity contribution in [3.8, 4) is 0 Å². The third-order valence-electron chi connectivity index (χ3n) is 4.37. The molecule has 0 amide bonds. The van der Waals surface area contributed by atoms with Crippen molar-refractivity contribution in [1.82, 2.24) is 9.47 Å². The van der Waals surface area contributed by atoms with Crippen LogP contribution < -0.4 is 0 Å². The first-order chi connectivity index (χ1) is 9.26. The number of likely N-dealkylation sites (N-methyl/N-ethyl adjacent to an activating group) is 1. The molecule has 1 N–H and O–H groups in total. The number of hydrogen-bond donors (Lipinski definition) is 1. The lowest BCUT2D eigenvalue weighted by atomic mass is 10.0. The lowest BCUT2D eigenvalue weighted by Crippen LogP contribution is -2.47. The summed E-state index contributed by atoms with van der Waals surface area (Å²) in [5.74, 6) is -0.809. The number of hydrogen-bond acceptors (Lipinski definition) is 2. The van der Waals surface area contributed by atoms with Crippen LogP contribution in [-0.4, -0.2) is 33.1 Å². The van der Waals surface area contributed by atoms with E-state index in [4.69, 9.17) is 0 Å². The van der Waals surface area contributed by atoms with Gasteiger partial charge in [0.15, 0.2) is 0 Å². The fourth-order valence-corrected chi connectivity index (χ4v) is 2.45. The molecule has 0 spiro atoms. The summed E-state index contributed by atoms with van der Waals surface area (Å²) >= 11 is 0. The maximum absolute atomic E-state index is 11.3. The van der Waals surface area contributed by atoms with Gasteiger partial charge in [0.05, 0.1) is 0 Å². The summed E-state index contributed by atoms with van der Waals surface area (Å²) < 4.78 is 2.15. The highest BCUT2D eigenvalue weighted by atomic mass is 16.4. The molecule has 108 valence electrons. The molecule has 1 aromatic heterocycles. The summed E-state index contributed by atoms with van der Waals surface area (Å²) in [6.07, 6.45) is 0. The lowest BCUT2D eigenvalue weighted by Gasteiger charge is -2.31. The highest BCUT2D eigenvalue weighted by Gasteiger charge is 2.32. The number of carboxylic acids is 1. The van der Waals surface area contributed by atoms with Gasteiger partial charge < -0.3 is 9.67 Å². The summed E-state index contributed by atoms with van der Waals surface area (Å²) in [6, 6.07) is 8.26. The van der Waals surface area contributed by atoms with Gasteiger partial charge in [-0.25, -0.2) is 0 Å². The second-order valence-electron chi connectivity index (χ2n) is 5.87. The van der Waals surface area contributed by atoms with E-state index in [0.29, 0.717) is 6.54 Å². The molecule has 1 heterocycles. The summed E-state index contributed by atoms with van der Waals surface area (Å²) in [7, 11) is 3.89. The van der Waals surface area contributed by atoms with E-state index in [1.165, 1.54) is 16.5 Å². The Kier molecular flexibility index (Phi) is 3.61. The maximum atomic E-state index is 11.3. The number of rotatable bonds is 4. The second kappa shape index (κ2) is 4.94. The molecule has 0 saturated heterocycles. The molecule has 4 nitrogen and oxygen atoms in total. The number of carbonyl (C=O) groups is 1. The molecule has 1 aromatic carbocycles. The molecule has 0 saturated carbocycles. The van der Waals surface area contributed by atoms with Crippen LogP contribution in [0.5, 0.6) is 0 Å². The quantitative estimate of drug-likeness (QED) is 0.932. The number of benzene rings is 1. The van der Waals surface area contributed by atoms with Gasteiger partial charge in [0.1, 0.15) is 5.54 Å². The number of para-hydroxylation sites is 1. The molecule has 0 fully saturated rings. The van der Waals surface area contributed by atoms with Crippen LogP contribution in [0.1, 0.15) is 25.1 Å². The Labute approximate surface area is 119 Å². The van der Waals surface area contributed by atoms with Crippen LogP contribution in [0.4, 0.5) is 0 Å². The number of carboxylic acid groups (broad SMARTS) is 1. The number of fused-ring (bicyclic) bond motifs is 1. The SMILES string of the molecule is Cc1c(CN(C)C(C)(C)C(=O)O)n(C)c2ccccc12. The van der Waals surface area contributed by atoms with Crippen LogP contribution in [0.15, 0.2) is 24.3 Å². The van der Waals surface area contributed by atoms with Crippen molar-refractivity contribution in [3.63, 3.8) is 0 Å². The van der Waals surface area contributed by atoms with Gasteiger partial charge in [0.25, 0.3) is 0 Å². The third-order valence-corrected chi connectivity index (χ3v) is 4.37. The van der Waals surface area contributed by atoms with E-state index in [2.05, 4.69) is 23.6 Å². The average molecular weight is 274 g/mol. The van der Waals surface area contributed by atoms with Gasteiger partial charge in [-0.1, -0.05) is 18.2 Å². The topological polar surface area (TPSA) is 45.5 Å². The molecule has 0 bridgehead atoms. The minimum absolute atomic E-state index is 0.607. The van der Waals surface area contributed by atoms with Gasteiger partial charge in [-0.3, -0.25) is 9.69 Å². The zero-order valence-corrected chi connectivity index (χ0v) is 12.8. The van der Waals surface area contributed by atoms with Crippen molar-refractivity contribution < 1.29 is 9.90 Å². The molecule has 0 unspecified atom stereocenters. The molecule has 20 heavy (non-hydrogen) atoms. The molecule has 0 aliphatic rings.